The summed E-state index contributed by atoms with van der Waals surface area (Å²) in [6.07, 6.45) is 4.51. The van der Waals surface area contributed by atoms with Gasteiger partial charge in [0.05, 0.1) is 0 Å². The lowest BCUT2D eigenvalue weighted by Crippen LogP contribution is -2.44. The first kappa shape index (κ1) is 18.4. The van der Waals surface area contributed by atoms with Crippen LogP contribution in [0, 0.1) is 0 Å². The first-order valence-electron chi connectivity index (χ1n) is 10.1. The fraction of sp³-hybridized carbons (Fsp3) is 0.154. The monoisotopic (exact) mass is 394 g/mol. The zero-order valence-corrected chi connectivity index (χ0v) is 16.8. The number of amides is 1. The molecule has 1 aromatic heterocycles. The van der Waals surface area contributed by atoms with Crippen molar-refractivity contribution >= 4 is 28.2 Å². The maximum Gasteiger partial charge on any atom is 0.257 e. The van der Waals surface area contributed by atoms with Crippen LogP contribution in [0.3, 0.4) is 0 Å². The minimum atomic E-state index is -0.901. The van der Waals surface area contributed by atoms with Crippen LogP contribution in [0.1, 0.15) is 28.8 Å². The molecule has 148 valence electrons. The van der Waals surface area contributed by atoms with E-state index in [-0.39, 0.29) is 18.1 Å². The fourth-order valence-electron chi connectivity index (χ4n) is 4.63. The summed E-state index contributed by atoms with van der Waals surface area (Å²) in [6, 6.07) is 25.5. The van der Waals surface area contributed by atoms with E-state index in [1.165, 1.54) is 0 Å². The predicted molar refractivity (Wildman–Crippen MR) is 119 cm³/mol. The standard InChI is InChI=1S/C26H22N2O2/c1-27-23-11-5-4-10-22(23)26(25(27)30,28-16-6-7-17-28)15-14-24(29)21-13-12-19-8-2-3-9-20(19)18-21/h2-13,16-18H,14-15H2,1H3/t26-/m1/s1. The van der Waals surface area contributed by atoms with E-state index in [1.807, 2.05) is 95.8 Å². The molecule has 1 aliphatic heterocycles. The summed E-state index contributed by atoms with van der Waals surface area (Å²) in [5, 5.41) is 2.16. The fourth-order valence-corrected chi connectivity index (χ4v) is 4.63. The van der Waals surface area contributed by atoms with E-state index in [0.29, 0.717) is 12.0 Å². The molecule has 5 rings (SSSR count). The quantitative estimate of drug-likeness (QED) is 0.446. The molecule has 0 bridgehead atoms. The van der Waals surface area contributed by atoms with E-state index >= 15 is 0 Å². The number of ketones is 1. The van der Waals surface area contributed by atoms with Crippen molar-refractivity contribution in [3.8, 4) is 0 Å². The van der Waals surface area contributed by atoms with Crippen molar-refractivity contribution in [2.75, 3.05) is 11.9 Å². The molecule has 4 aromatic rings. The van der Waals surface area contributed by atoms with Gasteiger partial charge in [0.25, 0.3) is 5.91 Å². The maximum absolute atomic E-state index is 13.5. The van der Waals surface area contributed by atoms with Crippen LogP contribution in [0.15, 0.2) is 91.3 Å². The van der Waals surface area contributed by atoms with Crippen molar-refractivity contribution in [2.24, 2.45) is 0 Å². The van der Waals surface area contributed by atoms with Gasteiger partial charge in [0.1, 0.15) is 0 Å². The van der Waals surface area contributed by atoms with Gasteiger partial charge >= 0.3 is 0 Å². The van der Waals surface area contributed by atoms with Crippen molar-refractivity contribution < 1.29 is 9.59 Å². The number of benzene rings is 3. The molecule has 3 aromatic carbocycles. The Kier molecular flexibility index (Phi) is 4.28. The number of carbonyl (C=O) groups excluding carboxylic acids is 2. The summed E-state index contributed by atoms with van der Waals surface area (Å²) >= 11 is 0. The molecule has 1 atom stereocenters. The van der Waals surface area contributed by atoms with E-state index in [9.17, 15) is 9.59 Å². The Morgan fingerprint density at radius 2 is 1.57 bits per heavy atom. The average Bonchev–Trinajstić information content (AvgIpc) is 3.40. The molecular formula is C26H22N2O2. The van der Waals surface area contributed by atoms with Crippen molar-refractivity contribution in [2.45, 2.75) is 18.4 Å². The number of hydrogen-bond acceptors (Lipinski definition) is 2. The lowest BCUT2D eigenvalue weighted by atomic mass is 9.84. The summed E-state index contributed by atoms with van der Waals surface area (Å²) in [7, 11) is 1.80. The molecule has 30 heavy (non-hydrogen) atoms. The molecule has 2 heterocycles. The van der Waals surface area contributed by atoms with Gasteiger partial charge in [-0.05, 0) is 41.5 Å². The molecule has 1 aliphatic rings. The topological polar surface area (TPSA) is 42.3 Å². The second-order valence-corrected chi connectivity index (χ2v) is 7.82. The van der Waals surface area contributed by atoms with E-state index < -0.39 is 5.54 Å². The molecule has 0 N–H and O–H groups in total. The maximum atomic E-state index is 13.5. The minimum absolute atomic E-state index is 0.00814. The van der Waals surface area contributed by atoms with Gasteiger partial charge in [0.2, 0.25) is 0 Å². The SMILES string of the molecule is CN1C(=O)[C@](CCC(=O)c2ccc3ccccc3c2)(n2cccc2)c2ccccc21. The second kappa shape index (κ2) is 6.99. The van der Waals surface area contributed by atoms with Gasteiger partial charge in [-0.25, -0.2) is 0 Å². The van der Waals surface area contributed by atoms with E-state index in [4.69, 9.17) is 0 Å². The van der Waals surface area contributed by atoms with E-state index in [0.717, 1.165) is 22.0 Å². The van der Waals surface area contributed by atoms with Crippen LogP contribution in [0.5, 0.6) is 0 Å². The molecule has 0 spiro atoms. The highest BCUT2D eigenvalue weighted by Gasteiger charge is 2.50. The Morgan fingerprint density at radius 3 is 2.37 bits per heavy atom. The highest BCUT2D eigenvalue weighted by Crippen LogP contribution is 2.45. The van der Waals surface area contributed by atoms with Gasteiger partial charge in [-0.2, -0.15) is 0 Å². The number of anilines is 1. The Labute approximate surface area is 175 Å². The Bertz CT molecular complexity index is 1260. The van der Waals surface area contributed by atoms with Crippen molar-refractivity contribution in [3.05, 3.63) is 102 Å². The molecule has 0 aliphatic carbocycles. The number of Topliss-reactive ketones (excluding diaryl/α,β-unsaturated/α-hetero) is 1. The average molecular weight is 394 g/mol. The molecule has 1 amide bonds. The Balaban J connectivity index is 1.51. The Hall–Kier alpha value is -3.66. The Morgan fingerprint density at radius 1 is 0.867 bits per heavy atom. The predicted octanol–water partition coefficient (Wildman–Crippen LogP) is 5.02. The van der Waals surface area contributed by atoms with Crippen LogP contribution in [0.25, 0.3) is 10.8 Å². The lowest BCUT2D eigenvalue weighted by Gasteiger charge is -2.30. The van der Waals surface area contributed by atoms with Crippen LogP contribution >= 0.6 is 0 Å². The van der Waals surface area contributed by atoms with Crippen LogP contribution in [0.2, 0.25) is 0 Å². The van der Waals surface area contributed by atoms with Gasteiger partial charge in [-0.15, -0.1) is 0 Å². The van der Waals surface area contributed by atoms with Crippen LogP contribution in [-0.4, -0.2) is 23.3 Å². The third-order valence-electron chi connectivity index (χ3n) is 6.20. The van der Waals surface area contributed by atoms with Crippen LogP contribution in [0.4, 0.5) is 5.69 Å². The van der Waals surface area contributed by atoms with Crippen LogP contribution in [-0.2, 0) is 10.3 Å². The third-order valence-corrected chi connectivity index (χ3v) is 6.20. The van der Waals surface area contributed by atoms with Crippen LogP contribution < -0.4 is 4.90 Å². The normalized spacial score (nSPS) is 18.0. The largest absolute Gasteiger partial charge is 0.335 e. The summed E-state index contributed by atoms with van der Waals surface area (Å²) in [5.74, 6) is 0.0401. The number of hydrogen-bond donors (Lipinski definition) is 0. The molecule has 4 heteroatoms. The zero-order chi connectivity index (χ0) is 20.7. The number of rotatable bonds is 5. The highest BCUT2D eigenvalue weighted by molar-refractivity contribution is 6.08. The molecule has 0 saturated carbocycles. The smallest absolute Gasteiger partial charge is 0.257 e. The summed E-state index contributed by atoms with van der Waals surface area (Å²) in [4.78, 5) is 28.3. The molecule has 0 unspecified atom stereocenters. The second-order valence-electron chi connectivity index (χ2n) is 7.82. The van der Waals surface area contributed by atoms with Crippen molar-refractivity contribution in [1.82, 2.24) is 4.57 Å². The van der Waals surface area contributed by atoms with Gasteiger partial charge in [-0.3, -0.25) is 9.59 Å². The van der Waals surface area contributed by atoms with Gasteiger partial charge in [0, 0.05) is 42.7 Å². The number of likely N-dealkylation sites (N-methyl/N-ethyl adjacent to an activating group) is 1. The third kappa shape index (κ3) is 2.68. The number of para-hydroxylation sites is 1. The molecule has 0 saturated heterocycles. The number of fused-ring (bicyclic) bond motifs is 2. The van der Waals surface area contributed by atoms with E-state index in [1.54, 1.807) is 11.9 Å². The van der Waals surface area contributed by atoms with Crippen molar-refractivity contribution in [1.29, 1.82) is 0 Å². The van der Waals surface area contributed by atoms with Crippen molar-refractivity contribution in [3.63, 3.8) is 0 Å². The number of nitrogens with zero attached hydrogens (tertiary/aromatic N) is 2. The van der Waals surface area contributed by atoms with Gasteiger partial charge in [-0.1, -0.05) is 54.6 Å². The minimum Gasteiger partial charge on any atom is -0.335 e. The first-order chi connectivity index (χ1) is 14.6. The number of carbonyl (C=O) groups is 2. The first-order valence-corrected chi connectivity index (χ1v) is 10.1. The molecule has 4 nitrogen and oxygen atoms in total. The molecular weight excluding hydrogens is 372 g/mol. The zero-order valence-electron chi connectivity index (χ0n) is 16.8. The lowest BCUT2D eigenvalue weighted by molar-refractivity contribution is -0.124. The van der Waals surface area contributed by atoms with Gasteiger partial charge in [0.15, 0.2) is 11.3 Å². The van der Waals surface area contributed by atoms with Gasteiger partial charge < -0.3 is 9.47 Å². The summed E-state index contributed by atoms with van der Waals surface area (Å²) in [6.45, 7) is 0. The van der Waals surface area contributed by atoms with E-state index in [2.05, 4.69) is 0 Å². The molecule has 0 fully saturated rings. The highest BCUT2D eigenvalue weighted by atomic mass is 16.2. The number of aromatic nitrogens is 1. The summed E-state index contributed by atoms with van der Waals surface area (Å²) in [5.41, 5.74) is 1.62. The molecule has 0 radical (unpaired) electrons. The summed E-state index contributed by atoms with van der Waals surface area (Å²) < 4.78 is 1.95.